The first kappa shape index (κ1) is 10.5. The summed E-state index contributed by atoms with van der Waals surface area (Å²) in [5, 5.41) is 0. The van der Waals surface area contributed by atoms with Gasteiger partial charge in [-0.1, -0.05) is 6.07 Å². The zero-order valence-electron chi connectivity index (χ0n) is 9.48. The Morgan fingerprint density at radius 2 is 1.83 bits per heavy atom. The number of aromatic nitrogens is 5. The lowest BCUT2D eigenvalue weighted by molar-refractivity contribution is 0.904. The maximum Gasteiger partial charge on any atom is 0.225 e. The van der Waals surface area contributed by atoms with E-state index in [0.29, 0.717) is 12.2 Å². The fraction of sp³-hybridized carbons (Fsp3) is 0.0909. The average molecular weight is 241 g/mol. The molecule has 3 aromatic heterocycles. The van der Waals surface area contributed by atoms with E-state index in [1.807, 2.05) is 28.8 Å². The summed E-state index contributed by atoms with van der Waals surface area (Å²) in [6.45, 7) is 0. The summed E-state index contributed by atoms with van der Waals surface area (Å²) in [6.07, 6.45) is 4.22. The van der Waals surface area contributed by atoms with Crippen LogP contribution in [0.1, 0.15) is 11.5 Å². The second-order valence-corrected chi connectivity index (χ2v) is 3.82. The molecular formula is C11H11N7. The number of fused-ring (bicyclic) bond motifs is 1. The van der Waals surface area contributed by atoms with Crippen molar-refractivity contribution in [3.63, 3.8) is 0 Å². The summed E-state index contributed by atoms with van der Waals surface area (Å²) >= 11 is 0. The molecule has 0 amide bonds. The van der Waals surface area contributed by atoms with Crippen LogP contribution in [0.25, 0.3) is 5.65 Å². The second kappa shape index (κ2) is 3.95. The van der Waals surface area contributed by atoms with Crippen molar-refractivity contribution in [2.75, 3.05) is 11.5 Å². The molecule has 0 saturated carbocycles. The van der Waals surface area contributed by atoms with E-state index in [1.54, 1.807) is 6.20 Å². The van der Waals surface area contributed by atoms with Gasteiger partial charge in [0, 0.05) is 12.4 Å². The molecule has 0 fully saturated rings. The van der Waals surface area contributed by atoms with E-state index in [9.17, 15) is 0 Å². The minimum atomic E-state index is 0.131. The molecule has 0 spiro atoms. The van der Waals surface area contributed by atoms with Gasteiger partial charge in [-0.15, -0.1) is 0 Å². The molecule has 0 aliphatic carbocycles. The first-order valence-electron chi connectivity index (χ1n) is 5.39. The lowest BCUT2D eigenvalue weighted by Gasteiger charge is -2.02. The third kappa shape index (κ3) is 1.81. The Morgan fingerprint density at radius 3 is 2.61 bits per heavy atom. The van der Waals surface area contributed by atoms with Crippen molar-refractivity contribution < 1.29 is 0 Å². The molecule has 3 aromatic rings. The molecule has 0 aromatic carbocycles. The number of pyridine rings is 1. The van der Waals surface area contributed by atoms with Crippen molar-refractivity contribution in [3.05, 3.63) is 42.1 Å². The molecule has 4 N–H and O–H groups in total. The molecule has 7 heteroatoms. The van der Waals surface area contributed by atoms with Crippen molar-refractivity contribution >= 4 is 17.5 Å². The van der Waals surface area contributed by atoms with Crippen LogP contribution in [0.5, 0.6) is 0 Å². The quantitative estimate of drug-likeness (QED) is 0.667. The van der Waals surface area contributed by atoms with Crippen LogP contribution in [-0.2, 0) is 6.42 Å². The van der Waals surface area contributed by atoms with Crippen LogP contribution in [0.4, 0.5) is 11.9 Å². The van der Waals surface area contributed by atoms with E-state index in [2.05, 4.69) is 19.9 Å². The van der Waals surface area contributed by atoms with Gasteiger partial charge in [0.05, 0.1) is 12.1 Å². The summed E-state index contributed by atoms with van der Waals surface area (Å²) < 4.78 is 1.97. The van der Waals surface area contributed by atoms with Gasteiger partial charge in [0.1, 0.15) is 11.5 Å². The van der Waals surface area contributed by atoms with E-state index < -0.39 is 0 Å². The van der Waals surface area contributed by atoms with Crippen molar-refractivity contribution in [2.45, 2.75) is 6.42 Å². The Morgan fingerprint density at radius 1 is 1.06 bits per heavy atom. The Bertz CT molecular complexity index is 683. The minimum Gasteiger partial charge on any atom is -0.368 e. The molecule has 0 radical (unpaired) electrons. The van der Waals surface area contributed by atoms with Gasteiger partial charge in [0.25, 0.3) is 0 Å². The molecule has 90 valence electrons. The van der Waals surface area contributed by atoms with Crippen molar-refractivity contribution in [3.8, 4) is 0 Å². The van der Waals surface area contributed by atoms with E-state index in [0.717, 1.165) is 11.3 Å². The zero-order chi connectivity index (χ0) is 12.5. The van der Waals surface area contributed by atoms with Gasteiger partial charge in [0.2, 0.25) is 11.9 Å². The number of anilines is 2. The van der Waals surface area contributed by atoms with Crippen molar-refractivity contribution in [2.24, 2.45) is 0 Å². The molecule has 0 aliphatic heterocycles. The van der Waals surface area contributed by atoms with Gasteiger partial charge in [-0.05, 0) is 12.1 Å². The number of hydrogen-bond acceptors (Lipinski definition) is 6. The summed E-state index contributed by atoms with van der Waals surface area (Å²) in [7, 11) is 0. The van der Waals surface area contributed by atoms with Crippen LogP contribution in [0.3, 0.4) is 0 Å². The van der Waals surface area contributed by atoms with E-state index in [4.69, 9.17) is 11.5 Å². The van der Waals surface area contributed by atoms with Crippen molar-refractivity contribution in [1.29, 1.82) is 0 Å². The maximum atomic E-state index is 5.54. The first-order chi connectivity index (χ1) is 8.72. The van der Waals surface area contributed by atoms with E-state index in [-0.39, 0.29) is 11.9 Å². The average Bonchev–Trinajstić information content (AvgIpc) is 2.72. The molecule has 0 bridgehead atoms. The largest absolute Gasteiger partial charge is 0.368 e. The maximum absolute atomic E-state index is 5.54. The lowest BCUT2D eigenvalue weighted by atomic mass is 10.3. The highest BCUT2D eigenvalue weighted by Gasteiger charge is 2.07. The van der Waals surface area contributed by atoms with Crippen LogP contribution in [0, 0.1) is 0 Å². The lowest BCUT2D eigenvalue weighted by Crippen LogP contribution is -2.08. The number of imidazole rings is 1. The zero-order valence-corrected chi connectivity index (χ0v) is 9.48. The highest BCUT2D eigenvalue weighted by Crippen LogP contribution is 2.10. The molecule has 0 saturated heterocycles. The summed E-state index contributed by atoms with van der Waals surface area (Å²) in [5.41, 5.74) is 12.9. The molecule has 18 heavy (non-hydrogen) atoms. The van der Waals surface area contributed by atoms with Crippen LogP contribution >= 0.6 is 0 Å². The van der Waals surface area contributed by atoms with Gasteiger partial charge in [-0.25, -0.2) is 4.98 Å². The molecule has 3 heterocycles. The number of nitrogens with two attached hydrogens (primary N) is 2. The van der Waals surface area contributed by atoms with Gasteiger partial charge < -0.3 is 15.9 Å². The van der Waals surface area contributed by atoms with Crippen molar-refractivity contribution in [1.82, 2.24) is 24.3 Å². The topological polar surface area (TPSA) is 108 Å². The molecule has 0 unspecified atom stereocenters. The van der Waals surface area contributed by atoms with Gasteiger partial charge in [0.15, 0.2) is 0 Å². The number of nitrogens with zero attached hydrogens (tertiary/aromatic N) is 5. The summed E-state index contributed by atoms with van der Waals surface area (Å²) in [4.78, 5) is 16.1. The van der Waals surface area contributed by atoms with Crippen LogP contribution in [-0.4, -0.2) is 24.3 Å². The predicted molar refractivity (Wildman–Crippen MR) is 66.6 cm³/mol. The van der Waals surface area contributed by atoms with Crippen LogP contribution < -0.4 is 11.5 Å². The Kier molecular flexibility index (Phi) is 2.30. The Labute approximate surface area is 103 Å². The van der Waals surface area contributed by atoms with Crippen LogP contribution in [0.15, 0.2) is 30.6 Å². The molecule has 7 nitrogen and oxygen atoms in total. The third-order valence-corrected chi connectivity index (χ3v) is 2.55. The third-order valence-electron chi connectivity index (χ3n) is 2.55. The fourth-order valence-corrected chi connectivity index (χ4v) is 1.81. The predicted octanol–water partition coefficient (Wildman–Crippen LogP) is 0.274. The van der Waals surface area contributed by atoms with E-state index in [1.165, 1.54) is 0 Å². The minimum absolute atomic E-state index is 0.131. The number of hydrogen-bond donors (Lipinski definition) is 2. The SMILES string of the molecule is Nc1nc(N)nc(Cc2cnc3ccccn23)n1. The highest BCUT2D eigenvalue weighted by atomic mass is 15.1. The summed E-state index contributed by atoms with van der Waals surface area (Å²) in [6, 6.07) is 5.80. The van der Waals surface area contributed by atoms with Gasteiger partial charge >= 0.3 is 0 Å². The Balaban J connectivity index is 2.01. The second-order valence-electron chi connectivity index (χ2n) is 3.82. The number of nitrogen functional groups attached to an aromatic ring is 2. The number of rotatable bonds is 2. The molecular weight excluding hydrogens is 230 g/mol. The van der Waals surface area contributed by atoms with E-state index >= 15 is 0 Å². The normalized spacial score (nSPS) is 10.9. The molecule has 3 rings (SSSR count). The first-order valence-corrected chi connectivity index (χ1v) is 5.39. The standard InChI is InChI=1S/C11H11N7/c12-10-15-8(16-11(13)17-10)5-7-6-14-9-3-1-2-4-18(7)9/h1-4,6H,5H2,(H4,12,13,15,16,17). The van der Waals surface area contributed by atoms with Crippen LogP contribution in [0.2, 0.25) is 0 Å². The highest BCUT2D eigenvalue weighted by molar-refractivity contribution is 5.40. The molecule has 0 atom stereocenters. The fourth-order valence-electron chi connectivity index (χ4n) is 1.81. The van der Waals surface area contributed by atoms with Gasteiger partial charge in [-0.2, -0.15) is 15.0 Å². The summed E-state index contributed by atoms with van der Waals surface area (Å²) in [5.74, 6) is 0.795. The molecule has 0 aliphatic rings. The Hall–Kier alpha value is -2.70. The monoisotopic (exact) mass is 241 g/mol. The smallest absolute Gasteiger partial charge is 0.225 e. The van der Waals surface area contributed by atoms with Gasteiger partial charge in [-0.3, -0.25) is 0 Å².